The SMILES string of the molecule is CC1(C)COCCN1c1ccc(C=O)s1. The predicted octanol–water partition coefficient (Wildman–Crippen LogP) is 2.18. The van der Waals surface area contributed by atoms with Crippen molar-refractivity contribution in [3.8, 4) is 0 Å². The van der Waals surface area contributed by atoms with Crippen molar-refractivity contribution >= 4 is 22.6 Å². The highest BCUT2D eigenvalue weighted by atomic mass is 32.1. The summed E-state index contributed by atoms with van der Waals surface area (Å²) in [4.78, 5) is 13.7. The standard InChI is InChI=1S/C11H15NO2S/c1-11(2)8-14-6-5-12(11)10-4-3-9(7-13)15-10/h3-4,7H,5-6,8H2,1-2H3. The Labute approximate surface area is 93.7 Å². The molecule has 0 unspecified atom stereocenters. The summed E-state index contributed by atoms with van der Waals surface area (Å²) in [6, 6.07) is 3.89. The minimum absolute atomic E-state index is 0.0171. The first-order valence-electron chi connectivity index (χ1n) is 5.04. The minimum atomic E-state index is 0.0171. The molecule has 0 spiro atoms. The van der Waals surface area contributed by atoms with Gasteiger partial charge < -0.3 is 9.64 Å². The third-order valence-electron chi connectivity index (χ3n) is 2.64. The number of rotatable bonds is 2. The highest BCUT2D eigenvalue weighted by Crippen LogP contribution is 2.32. The molecule has 0 aliphatic carbocycles. The maximum absolute atomic E-state index is 10.6. The molecule has 0 saturated carbocycles. The van der Waals surface area contributed by atoms with E-state index in [1.807, 2.05) is 12.1 Å². The van der Waals surface area contributed by atoms with Crippen LogP contribution in [0.2, 0.25) is 0 Å². The van der Waals surface area contributed by atoms with Crippen molar-refractivity contribution in [2.45, 2.75) is 19.4 Å². The fourth-order valence-corrected chi connectivity index (χ4v) is 2.83. The van der Waals surface area contributed by atoms with Gasteiger partial charge in [0.2, 0.25) is 0 Å². The monoisotopic (exact) mass is 225 g/mol. The van der Waals surface area contributed by atoms with Crippen LogP contribution in [0.25, 0.3) is 0 Å². The summed E-state index contributed by atoms with van der Waals surface area (Å²) in [5.41, 5.74) is 0.0171. The largest absolute Gasteiger partial charge is 0.377 e. The van der Waals surface area contributed by atoms with Crippen molar-refractivity contribution in [2.24, 2.45) is 0 Å². The van der Waals surface area contributed by atoms with E-state index in [2.05, 4.69) is 18.7 Å². The molecule has 0 aromatic carbocycles. The molecule has 4 heteroatoms. The Hall–Kier alpha value is -0.870. The molecule has 1 aliphatic heterocycles. The molecule has 82 valence electrons. The Morgan fingerprint density at radius 3 is 2.93 bits per heavy atom. The Morgan fingerprint density at radius 1 is 1.53 bits per heavy atom. The molecule has 15 heavy (non-hydrogen) atoms. The number of nitrogens with zero attached hydrogens (tertiary/aromatic N) is 1. The first kappa shape index (κ1) is 10.6. The maximum Gasteiger partial charge on any atom is 0.160 e. The maximum atomic E-state index is 10.6. The molecule has 0 N–H and O–H groups in total. The number of thiophene rings is 1. The molecule has 0 atom stereocenters. The molecular formula is C11H15NO2S. The number of anilines is 1. The Bertz CT molecular complexity index is 359. The summed E-state index contributed by atoms with van der Waals surface area (Å²) in [7, 11) is 0. The summed E-state index contributed by atoms with van der Waals surface area (Å²) >= 11 is 1.54. The van der Waals surface area contributed by atoms with Gasteiger partial charge in [-0.05, 0) is 26.0 Å². The lowest BCUT2D eigenvalue weighted by Crippen LogP contribution is -2.52. The van der Waals surface area contributed by atoms with Crippen LogP contribution in [0.5, 0.6) is 0 Å². The van der Waals surface area contributed by atoms with Crippen LogP contribution in [-0.4, -0.2) is 31.6 Å². The molecule has 0 amide bonds. The van der Waals surface area contributed by atoms with Gasteiger partial charge >= 0.3 is 0 Å². The molecule has 3 nitrogen and oxygen atoms in total. The zero-order valence-corrected chi connectivity index (χ0v) is 9.84. The van der Waals surface area contributed by atoms with Crippen molar-refractivity contribution in [1.82, 2.24) is 0 Å². The molecule has 2 rings (SSSR count). The minimum Gasteiger partial charge on any atom is -0.377 e. The van der Waals surface area contributed by atoms with Gasteiger partial charge in [0.1, 0.15) is 0 Å². The number of carbonyl (C=O) groups is 1. The Kier molecular flexibility index (Phi) is 2.80. The number of carbonyl (C=O) groups excluding carboxylic acids is 1. The first-order chi connectivity index (χ1) is 7.13. The first-order valence-corrected chi connectivity index (χ1v) is 5.85. The second kappa shape index (κ2) is 3.94. The van der Waals surface area contributed by atoms with Crippen LogP contribution in [0.1, 0.15) is 23.5 Å². The van der Waals surface area contributed by atoms with E-state index < -0.39 is 0 Å². The molecule has 1 saturated heterocycles. The van der Waals surface area contributed by atoms with Gasteiger partial charge in [0, 0.05) is 6.54 Å². The third-order valence-corrected chi connectivity index (χ3v) is 3.67. The van der Waals surface area contributed by atoms with E-state index in [4.69, 9.17) is 4.74 Å². The van der Waals surface area contributed by atoms with Gasteiger partial charge in [-0.15, -0.1) is 11.3 Å². The summed E-state index contributed by atoms with van der Waals surface area (Å²) in [5, 5.41) is 1.16. The summed E-state index contributed by atoms with van der Waals surface area (Å²) in [6.07, 6.45) is 0.904. The fourth-order valence-electron chi connectivity index (χ4n) is 1.82. The lowest BCUT2D eigenvalue weighted by atomic mass is 10.0. The second-order valence-corrected chi connectivity index (χ2v) is 5.40. The molecular weight excluding hydrogens is 210 g/mol. The van der Waals surface area contributed by atoms with Crippen molar-refractivity contribution in [2.75, 3.05) is 24.7 Å². The number of hydrogen-bond donors (Lipinski definition) is 0. The van der Waals surface area contributed by atoms with Crippen molar-refractivity contribution < 1.29 is 9.53 Å². The van der Waals surface area contributed by atoms with Gasteiger partial charge in [0.15, 0.2) is 6.29 Å². The third kappa shape index (κ3) is 2.06. The van der Waals surface area contributed by atoms with E-state index in [9.17, 15) is 4.79 Å². The second-order valence-electron chi connectivity index (χ2n) is 4.31. The summed E-state index contributed by atoms with van der Waals surface area (Å²) < 4.78 is 5.46. The van der Waals surface area contributed by atoms with Crippen LogP contribution in [0.3, 0.4) is 0 Å². The normalized spacial score (nSPS) is 20.3. The predicted molar refractivity (Wildman–Crippen MR) is 62.0 cm³/mol. The zero-order chi connectivity index (χ0) is 10.9. The number of aldehydes is 1. The van der Waals surface area contributed by atoms with E-state index in [1.54, 1.807) is 11.3 Å². The molecule has 2 heterocycles. The average Bonchev–Trinajstić information content (AvgIpc) is 2.65. The Balaban J connectivity index is 2.24. The molecule has 0 radical (unpaired) electrons. The van der Waals surface area contributed by atoms with Gasteiger partial charge in [0.25, 0.3) is 0 Å². The Morgan fingerprint density at radius 2 is 2.33 bits per heavy atom. The van der Waals surface area contributed by atoms with Gasteiger partial charge in [-0.25, -0.2) is 0 Å². The smallest absolute Gasteiger partial charge is 0.160 e. The van der Waals surface area contributed by atoms with Gasteiger partial charge in [-0.2, -0.15) is 0 Å². The summed E-state index contributed by atoms with van der Waals surface area (Å²) in [6.45, 7) is 6.71. The molecule has 1 aromatic rings. The number of hydrogen-bond acceptors (Lipinski definition) is 4. The van der Waals surface area contributed by atoms with Crippen LogP contribution in [0, 0.1) is 0 Å². The highest BCUT2D eigenvalue weighted by molar-refractivity contribution is 7.17. The van der Waals surface area contributed by atoms with Crippen LogP contribution in [0.15, 0.2) is 12.1 Å². The van der Waals surface area contributed by atoms with Crippen LogP contribution >= 0.6 is 11.3 Å². The molecule has 1 fully saturated rings. The van der Waals surface area contributed by atoms with E-state index in [-0.39, 0.29) is 5.54 Å². The van der Waals surface area contributed by atoms with Crippen LogP contribution in [0.4, 0.5) is 5.00 Å². The molecule has 0 bridgehead atoms. The van der Waals surface area contributed by atoms with Gasteiger partial charge in [0.05, 0.1) is 28.6 Å². The number of morpholine rings is 1. The van der Waals surface area contributed by atoms with E-state index in [1.165, 1.54) is 0 Å². The van der Waals surface area contributed by atoms with E-state index in [0.717, 1.165) is 35.9 Å². The van der Waals surface area contributed by atoms with Crippen molar-refractivity contribution in [3.63, 3.8) is 0 Å². The van der Waals surface area contributed by atoms with Crippen molar-refractivity contribution in [1.29, 1.82) is 0 Å². The van der Waals surface area contributed by atoms with Gasteiger partial charge in [-0.3, -0.25) is 4.79 Å². The molecule has 1 aromatic heterocycles. The van der Waals surface area contributed by atoms with Crippen molar-refractivity contribution in [3.05, 3.63) is 17.0 Å². The quantitative estimate of drug-likeness (QED) is 0.722. The molecule has 1 aliphatic rings. The fraction of sp³-hybridized carbons (Fsp3) is 0.545. The summed E-state index contributed by atoms with van der Waals surface area (Å²) in [5.74, 6) is 0. The topological polar surface area (TPSA) is 29.5 Å². The zero-order valence-electron chi connectivity index (χ0n) is 9.03. The van der Waals surface area contributed by atoms with Gasteiger partial charge in [-0.1, -0.05) is 0 Å². The average molecular weight is 225 g/mol. The number of ether oxygens (including phenoxy) is 1. The lowest BCUT2D eigenvalue weighted by Gasteiger charge is -2.42. The lowest BCUT2D eigenvalue weighted by molar-refractivity contribution is 0.0648. The van der Waals surface area contributed by atoms with Crippen LogP contribution in [-0.2, 0) is 4.74 Å². The highest BCUT2D eigenvalue weighted by Gasteiger charge is 2.31. The van der Waals surface area contributed by atoms with E-state index >= 15 is 0 Å². The van der Waals surface area contributed by atoms with E-state index in [0.29, 0.717) is 0 Å². The van der Waals surface area contributed by atoms with Crippen LogP contribution < -0.4 is 4.90 Å².